The molecule has 126 valence electrons. The number of H-pyrrole nitrogens is 2. The summed E-state index contributed by atoms with van der Waals surface area (Å²) < 4.78 is 0. The largest absolute Gasteiger partial charge is 0.346 e. The molecule has 0 saturated carbocycles. The van der Waals surface area contributed by atoms with E-state index in [1.54, 1.807) is 0 Å². The van der Waals surface area contributed by atoms with Crippen LogP contribution < -0.4 is 0 Å². The van der Waals surface area contributed by atoms with Crippen LogP contribution in [0.15, 0.2) is 42.9 Å². The second kappa shape index (κ2) is 5.14. The van der Waals surface area contributed by atoms with Crippen LogP contribution >= 0.6 is 0 Å². The Morgan fingerprint density at radius 1 is 0.962 bits per heavy atom. The van der Waals surface area contributed by atoms with Crippen LogP contribution in [-0.2, 0) is 12.8 Å². The molecule has 6 rings (SSSR count). The Hall–Kier alpha value is -3.21. The molecular formula is C21H17N5. The molecule has 1 aliphatic carbocycles. The minimum atomic E-state index is 0.944. The highest BCUT2D eigenvalue weighted by molar-refractivity contribution is 6.06. The summed E-state index contributed by atoms with van der Waals surface area (Å²) in [6, 6.07) is 8.54. The number of aromatic amines is 2. The van der Waals surface area contributed by atoms with E-state index in [9.17, 15) is 0 Å². The van der Waals surface area contributed by atoms with Gasteiger partial charge in [-0.25, -0.2) is 9.97 Å². The smallest absolute Gasteiger partial charge is 0.137 e. The van der Waals surface area contributed by atoms with Crippen molar-refractivity contribution in [1.82, 2.24) is 25.1 Å². The molecule has 0 amide bonds. The zero-order chi connectivity index (χ0) is 17.1. The predicted molar refractivity (Wildman–Crippen MR) is 103 cm³/mol. The summed E-state index contributed by atoms with van der Waals surface area (Å²) >= 11 is 0. The number of hydrogen-bond donors (Lipinski definition) is 2. The molecule has 0 saturated heterocycles. The fourth-order valence-electron chi connectivity index (χ4n) is 4.36. The number of hydrogen-bond acceptors (Lipinski definition) is 3. The number of fused-ring (bicyclic) bond motifs is 6. The van der Waals surface area contributed by atoms with E-state index < -0.39 is 0 Å². The molecule has 1 aliphatic rings. The standard InChI is InChI=1S/C21H17N5/c1-2-4-15-14(3-1)19-16-7-8-22-21(16)23-11-18(19)25-20(15)12-5-6-17-13(9-12)10-24-26-17/h5-11H,1-4H2,(H,22,23)(H,24,26). The van der Waals surface area contributed by atoms with Crippen LogP contribution in [0.3, 0.4) is 0 Å². The summed E-state index contributed by atoms with van der Waals surface area (Å²) in [7, 11) is 0. The lowest BCUT2D eigenvalue weighted by Gasteiger charge is -2.21. The van der Waals surface area contributed by atoms with Crippen LogP contribution in [0.25, 0.3) is 44.1 Å². The van der Waals surface area contributed by atoms with E-state index in [0.29, 0.717) is 0 Å². The number of pyridine rings is 2. The van der Waals surface area contributed by atoms with Gasteiger partial charge in [0.2, 0.25) is 0 Å². The van der Waals surface area contributed by atoms with Crippen molar-refractivity contribution >= 4 is 32.8 Å². The predicted octanol–water partition coefficient (Wildman–Crippen LogP) is 4.53. The van der Waals surface area contributed by atoms with Gasteiger partial charge in [-0.05, 0) is 55.0 Å². The molecular weight excluding hydrogens is 322 g/mol. The molecule has 2 N–H and O–H groups in total. The molecule has 1 aromatic carbocycles. The molecule has 5 heteroatoms. The highest BCUT2D eigenvalue weighted by Gasteiger charge is 2.21. The van der Waals surface area contributed by atoms with Crippen molar-refractivity contribution in [2.24, 2.45) is 0 Å². The molecule has 26 heavy (non-hydrogen) atoms. The van der Waals surface area contributed by atoms with Crippen molar-refractivity contribution in [3.05, 3.63) is 54.0 Å². The Bertz CT molecular complexity index is 1290. The monoisotopic (exact) mass is 339 g/mol. The Balaban J connectivity index is 1.71. The summed E-state index contributed by atoms with van der Waals surface area (Å²) in [6.07, 6.45) is 10.4. The number of nitrogens with one attached hydrogen (secondary N) is 2. The van der Waals surface area contributed by atoms with Gasteiger partial charge in [-0.15, -0.1) is 0 Å². The highest BCUT2D eigenvalue weighted by Crippen LogP contribution is 2.37. The van der Waals surface area contributed by atoms with Crippen LogP contribution in [-0.4, -0.2) is 25.1 Å². The maximum atomic E-state index is 5.07. The maximum Gasteiger partial charge on any atom is 0.137 e. The molecule has 0 bridgehead atoms. The van der Waals surface area contributed by atoms with Crippen molar-refractivity contribution in [1.29, 1.82) is 0 Å². The van der Waals surface area contributed by atoms with E-state index in [0.717, 1.165) is 46.2 Å². The number of benzene rings is 1. The van der Waals surface area contributed by atoms with E-state index in [4.69, 9.17) is 4.98 Å². The lowest BCUT2D eigenvalue weighted by atomic mass is 9.86. The van der Waals surface area contributed by atoms with E-state index in [-0.39, 0.29) is 0 Å². The van der Waals surface area contributed by atoms with Crippen LogP contribution in [0.4, 0.5) is 0 Å². The third-order valence-corrected chi connectivity index (χ3v) is 5.57. The van der Waals surface area contributed by atoms with Gasteiger partial charge >= 0.3 is 0 Å². The van der Waals surface area contributed by atoms with E-state index in [1.165, 1.54) is 34.7 Å². The van der Waals surface area contributed by atoms with Crippen molar-refractivity contribution in [2.45, 2.75) is 25.7 Å². The van der Waals surface area contributed by atoms with Gasteiger partial charge in [-0.2, -0.15) is 5.10 Å². The lowest BCUT2D eigenvalue weighted by molar-refractivity contribution is 0.689. The molecule has 5 aromatic rings. The minimum Gasteiger partial charge on any atom is -0.346 e. The van der Waals surface area contributed by atoms with Gasteiger partial charge in [-0.3, -0.25) is 5.10 Å². The normalized spacial score (nSPS) is 14.3. The molecule has 0 fully saturated rings. The van der Waals surface area contributed by atoms with Crippen LogP contribution in [0, 0.1) is 0 Å². The quantitative estimate of drug-likeness (QED) is 0.471. The zero-order valence-electron chi connectivity index (χ0n) is 14.2. The van der Waals surface area contributed by atoms with Gasteiger partial charge < -0.3 is 4.98 Å². The number of aryl methyl sites for hydroxylation is 1. The van der Waals surface area contributed by atoms with Gasteiger partial charge in [0.05, 0.1) is 29.1 Å². The highest BCUT2D eigenvalue weighted by atomic mass is 15.1. The van der Waals surface area contributed by atoms with Gasteiger partial charge in [0.15, 0.2) is 0 Å². The summed E-state index contributed by atoms with van der Waals surface area (Å²) in [4.78, 5) is 12.9. The van der Waals surface area contributed by atoms with Gasteiger partial charge in [0, 0.05) is 27.9 Å². The first kappa shape index (κ1) is 14.0. The Kier molecular flexibility index (Phi) is 2.77. The molecule has 0 aliphatic heterocycles. The lowest BCUT2D eigenvalue weighted by Crippen LogP contribution is -2.08. The molecule has 4 heterocycles. The second-order valence-corrected chi connectivity index (χ2v) is 7.06. The van der Waals surface area contributed by atoms with Gasteiger partial charge in [-0.1, -0.05) is 6.07 Å². The van der Waals surface area contributed by atoms with Crippen molar-refractivity contribution in [2.75, 3.05) is 0 Å². The van der Waals surface area contributed by atoms with Crippen molar-refractivity contribution < 1.29 is 0 Å². The van der Waals surface area contributed by atoms with Crippen LogP contribution in [0.5, 0.6) is 0 Å². The summed E-state index contributed by atoms with van der Waals surface area (Å²) in [5.74, 6) is 0. The fraction of sp³-hybridized carbons (Fsp3) is 0.190. The zero-order valence-corrected chi connectivity index (χ0v) is 14.2. The molecule has 0 radical (unpaired) electrons. The fourth-order valence-corrected chi connectivity index (χ4v) is 4.36. The number of rotatable bonds is 1. The van der Waals surface area contributed by atoms with Crippen LogP contribution in [0.1, 0.15) is 24.0 Å². The third-order valence-electron chi connectivity index (χ3n) is 5.57. The Labute approximate surface area is 149 Å². The molecule has 5 nitrogen and oxygen atoms in total. The first-order chi connectivity index (χ1) is 12.9. The first-order valence-electron chi connectivity index (χ1n) is 9.09. The first-order valence-corrected chi connectivity index (χ1v) is 9.09. The summed E-state index contributed by atoms with van der Waals surface area (Å²) in [6.45, 7) is 0. The average molecular weight is 339 g/mol. The van der Waals surface area contributed by atoms with Crippen molar-refractivity contribution in [3.63, 3.8) is 0 Å². The molecule has 4 aromatic heterocycles. The van der Waals surface area contributed by atoms with Crippen LogP contribution in [0.2, 0.25) is 0 Å². The topological polar surface area (TPSA) is 70.2 Å². The van der Waals surface area contributed by atoms with E-state index in [2.05, 4.69) is 44.4 Å². The second-order valence-electron chi connectivity index (χ2n) is 7.06. The average Bonchev–Trinajstić information content (AvgIpc) is 3.35. The molecule has 0 spiro atoms. The minimum absolute atomic E-state index is 0.944. The SMILES string of the molecule is c1cc2c(ncc3nc(-c4ccc5[nH]ncc5c4)c4c(c32)CCCC4)[nH]1. The molecule has 0 atom stereocenters. The third kappa shape index (κ3) is 1.88. The summed E-state index contributed by atoms with van der Waals surface area (Å²) in [5, 5.41) is 10.7. The number of nitrogens with zero attached hydrogens (tertiary/aromatic N) is 3. The summed E-state index contributed by atoms with van der Waals surface area (Å²) in [5.41, 5.74) is 8.11. The van der Waals surface area contributed by atoms with Gasteiger partial charge in [0.1, 0.15) is 5.65 Å². The van der Waals surface area contributed by atoms with E-state index >= 15 is 0 Å². The Morgan fingerprint density at radius 3 is 2.85 bits per heavy atom. The van der Waals surface area contributed by atoms with Gasteiger partial charge in [0.25, 0.3) is 0 Å². The number of aromatic nitrogens is 5. The van der Waals surface area contributed by atoms with E-state index in [1.807, 2.05) is 18.6 Å². The molecule has 0 unspecified atom stereocenters. The Morgan fingerprint density at radius 2 is 1.88 bits per heavy atom. The maximum absolute atomic E-state index is 5.07. The van der Waals surface area contributed by atoms with Crippen molar-refractivity contribution in [3.8, 4) is 11.3 Å².